The maximum atomic E-state index is 13.9. The molecule has 0 amide bonds. The minimum atomic E-state index is -0.268. The van der Waals surface area contributed by atoms with Gasteiger partial charge in [0.15, 0.2) is 0 Å². The van der Waals surface area contributed by atoms with E-state index in [1.807, 2.05) is 36.2 Å². The van der Waals surface area contributed by atoms with Crippen molar-refractivity contribution in [3.8, 4) is 5.75 Å². The lowest BCUT2D eigenvalue weighted by molar-refractivity contribution is 0.410. The SMILES string of the molecule is COc1ccc(CN(C)c2cccc(N)c2)c(F)c1. The van der Waals surface area contributed by atoms with E-state index in [-0.39, 0.29) is 5.82 Å². The summed E-state index contributed by atoms with van der Waals surface area (Å²) in [7, 11) is 3.42. The van der Waals surface area contributed by atoms with Gasteiger partial charge in [0.2, 0.25) is 0 Å². The van der Waals surface area contributed by atoms with E-state index in [1.165, 1.54) is 13.2 Å². The van der Waals surface area contributed by atoms with Crippen molar-refractivity contribution < 1.29 is 9.13 Å². The highest BCUT2D eigenvalue weighted by atomic mass is 19.1. The minimum Gasteiger partial charge on any atom is -0.497 e. The number of nitrogens with zero attached hydrogens (tertiary/aromatic N) is 1. The second-order valence-electron chi connectivity index (χ2n) is 4.41. The van der Waals surface area contributed by atoms with Gasteiger partial charge in [0.1, 0.15) is 11.6 Å². The summed E-state index contributed by atoms with van der Waals surface area (Å²) >= 11 is 0. The van der Waals surface area contributed by atoms with Gasteiger partial charge in [-0.1, -0.05) is 12.1 Å². The molecule has 0 radical (unpaired) electrons. The highest BCUT2D eigenvalue weighted by molar-refractivity contribution is 5.55. The molecular formula is C15H17FN2O. The Bertz CT molecular complexity index is 572. The van der Waals surface area contributed by atoms with Crippen LogP contribution >= 0.6 is 0 Å². The number of rotatable bonds is 4. The van der Waals surface area contributed by atoms with Crippen molar-refractivity contribution in [2.45, 2.75) is 6.54 Å². The molecule has 0 unspecified atom stereocenters. The molecule has 100 valence electrons. The first kappa shape index (κ1) is 13.2. The number of methoxy groups -OCH3 is 1. The monoisotopic (exact) mass is 260 g/mol. The molecule has 0 aliphatic carbocycles. The van der Waals surface area contributed by atoms with Crippen molar-refractivity contribution in [1.82, 2.24) is 0 Å². The number of nitrogens with two attached hydrogens (primary N) is 1. The fourth-order valence-corrected chi connectivity index (χ4v) is 1.89. The molecular weight excluding hydrogens is 243 g/mol. The van der Waals surface area contributed by atoms with Crippen LogP contribution in [-0.2, 0) is 6.54 Å². The zero-order valence-electron chi connectivity index (χ0n) is 11.1. The lowest BCUT2D eigenvalue weighted by Crippen LogP contribution is -2.17. The van der Waals surface area contributed by atoms with Crippen LogP contribution in [0.25, 0.3) is 0 Å². The second kappa shape index (κ2) is 5.61. The molecule has 0 aliphatic rings. The molecule has 0 saturated carbocycles. The highest BCUT2D eigenvalue weighted by Crippen LogP contribution is 2.21. The van der Waals surface area contributed by atoms with Gasteiger partial charge in [-0.05, 0) is 24.3 Å². The third-order valence-corrected chi connectivity index (χ3v) is 2.98. The molecule has 2 N–H and O–H groups in total. The van der Waals surface area contributed by atoms with Gasteiger partial charge in [0, 0.05) is 36.6 Å². The summed E-state index contributed by atoms with van der Waals surface area (Å²) in [6.07, 6.45) is 0. The summed E-state index contributed by atoms with van der Waals surface area (Å²) in [6.45, 7) is 0.472. The molecule has 0 aromatic heterocycles. The Kier molecular flexibility index (Phi) is 3.90. The zero-order valence-corrected chi connectivity index (χ0v) is 11.1. The molecule has 0 heterocycles. The van der Waals surface area contributed by atoms with Gasteiger partial charge in [-0.3, -0.25) is 0 Å². The van der Waals surface area contributed by atoms with Gasteiger partial charge < -0.3 is 15.4 Å². The first-order chi connectivity index (χ1) is 9.10. The summed E-state index contributed by atoms with van der Waals surface area (Å²) in [6, 6.07) is 12.4. The predicted octanol–water partition coefficient (Wildman–Crippen LogP) is 3.05. The first-order valence-electron chi connectivity index (χ1n) is 5.99. The van der Waals surface area contributed by atoms with Crippen LogP contribution in [0.4, 0.5) is 15.8 Å². The Hall–Kier alpha value is -2.23. The van der Waals surface area contributed by atoms with Crippen molar-refractivity contribution in [3.63, 3.8) is 0 Å². The van der Waals surface area contributed by atoms with Crippen LogP contribution in [0.5, 0.6) is 5.75 Å². The van der Waals surface area contributed by atoms with E-state index >= 15 is 0 Å². The summed E-state index contributed by atoms with van der Waals surface area (Å²) in [4.78, 5) is 1.95. The average molecular weight is 260 g/mol. The molecule has 2 aromatic rings. The van der Waals surface area contributed by atoms with Crippen molar-refractivity contribution in [2.75, 3.05) is 24.8 Å². The Balaban J connectivity index is 2.17. The smallest absolute Gasteiger partial charge is 0.131 e. The fraction of sp³-hybridized carbons (Fsp3) is 0.200. The number of nitrogen functional groups attached to an aromatic ring is 1. The molecule has 0 aliphatic heterocycles. The largest absolute Gasteiger partial charge is 0.497 e. The van der Waals surface area contributed by atoms with Crippen molar-refractivity contribution in [1.29, 1.82) is 0 Å². The van der Waals surface area contributed by atoms with E-state index in [0.29, 0.717) is 23.5 Å². The number of hydrogen-bond acceptors (Lipinski definition) is 3. The Morgan fingerprint density at radius 2 is 2.00 bits per heavy atom. The van der Waals surface area contributed by atoms with Gasteiger partial charge in [-0.15, -0.1) is 0 Å². The van der Waals surface area contributed by atoms with Gasteiger partial charge >= 0.3 is 0 Å². The molecule has 2 rings (SSSR count). The summed E-state index contributed by atoms with van der Waals surface area (Å²) in [5, 5.41) is 0. The highest BCUT2D eigenvalue weighted by Gasteiger charge is 2.08. The van der Waals surface area contributed by atoms with Crippen LogP contribution in [0.3, 0.4) is 0 Å². The van der Waals surface area contributed by atoms with Gasteiger partial charge in [0.25, 0.3) is 0 Å². The third kappa shape index (κ3) is 3.16. The zero-order chi connectivity index (χ0) is 13.8. The van der Waals surface area contributed by atoms with Crippen LogP contribution < -0.4 is 15.4 Å². The molecule has 3 nitrogen and oxygen atoms in total. The van der Waals surface area contributed by atoms with Crippen LogP contribution in [-0.4, -0.2) is 14.2 Å². The van der Waals surface area contributed by atoms with E-state index < -0.39 is 0 Å². The normalized spacial score (nSPS) is 10.3. The van der Waals surface area contributed by atoms with Crippen molar-refractivity contribution in [2.24, 2.45) is 0 Å². The Morgan fingerprint density at radius 1 is 1.21 bits per heavy atom. The predicted molar refractivity (Wildman–Crippen MR) is 75.9 cm³/mol. The molecule has 19 heavy (non-hydrogen) atoms. The lowest BCUT2D eigenvalue weighted by Gasteiger charge is -2.20. The van der Waals surface area contributed by atoms with Gasteiger partial charge in [-0.2, -0.15) is 0 Å². The molecule has 0 saturated heterocycles. The van der Waals surface area contributed by atoms with E-state index in [9.17, 15) is 4.39 Å². The van der Waals surface area contributed by atoms with E-state index in [4.69, 9.17) is 10.5 Å². The van der Waals surface area contributed by atoms with Crippen molar-refractivity contribution in [3.05, 3.63) is 53.8 Å². The molecule has 0 atom stereocenters. The molecule has 0 spiro atoms. The van der Waals surface area contributed by atoms with E-state index in [2.05, 4.69) is 0 Å². The number of benzene rings is 2. The Morgan fingerprint density at radius 3 is 2.63 bits per heavy atom. The fourth-order valence-electron chi connectivity index (χ4n) is 1.89. The van der Waals surface area contributed by atoms with E-state index in [1.54, 1.807) is 12.1 Å². The molecule has 0 bridgehead atoms. The minimum absolute atomic E-state index is 0.268. The van der Waals surface area contributed by atoms with Crippen LogP contribution in [0, 0.1) is 5.82 Å². The molecule has 2 aromatic carbocycles. The van der Waals surface area contributed by atoms with Crippen LogP contribution in [0.2, 0.25) is 0 Å². The quantitative estimate of drug-likeness (QED) is 0.859. The van der Waals surface area contributed by atoms with E-state index in [0.717, 1.165) is 5.69 Å². The standard InChI is InChI=1S/C15H17FN2O/c1-18(13-5-3-4-12(17)8-13)10-11-6-7-14(19-2)9-15(11)16/h3-9H,10,17H2,1-2H3. The third-order valence-electron chi connectivity index (χ3n) is 2.98. The summed E-state index contributed by atoms with van der Waals surface area (Å²) < 4.78 is 18.8. The van der Waals surface area contributed by atoms with Crippen LogP contribution in [0.1, 0.15) is 5.56 Å². The maximum absolute atomic E-state index is 13.9. The second-order valence-corrected chi connectivity index (χ2v) is 4.41. The Labute approximate surface area is 112 Å². The summed E-state index contributed by atoms with van der Waals surface area (Å²) in [5.41, 5.74) is 8.00. The topological polar surface area (TPSA) is 38.5 Å². The van der Waals surface area contributed by atoms with Gasteiger partial charge in [-0.25, -0.2) is 4.39 Å². The number of ether oxygens (including phenoxy) is 1. The molecule has 0 fully saturated rings. The lowest BCUT2D eigenvalue weighted by atomic mass is 10.1. The molecule has 4 heteroatoms. The number of halogens is 1. The number of hydrogen-bond donors (Lipinski definition) is 1. The first-order valence-corrected chi connectivity index (χ1v) is 5.99. The maximum Gasteiger partial charge on any atom is 0.131 e. The van der Waals surface area contributed by atoms with Crippen molar-refractivity contribution >= 4 is 11.4 Å². The van der Waals surface area contributed by atoms with Gasteiger partial charge in [0.05, 0.1) is 7.11 Å². The average Bonchev–Trinajstić information content (AvgIpc) is 2.41. The summed E-state index contributed by atoms with van der Waals surface area (Å²) in [5.74, 6) is 0.253. The van der Waals surface area contributed by atoms with Crippen LogP contribution in [0.15, 0.2) is 42.5 Å². The number of anilines is 2.